The fourth-order valence-corrected chi connectivity index (χ4v) is 8.59. The number of rotatable bonds is 53. The first-order chi connectivity index (χ1) is 33.2. The van der Waals surface area contributed by atoms with Gasteiger partial charge in [-0.3, -0.25) is 18.6 Å². The molecule has 0 saturated carbocycles. The zero-order valence-electron chi connectivity index (χ0n) is 43.7. The molecule has 68 heavy (non-hydrogen) atoms. The second-order valence-corrected chi connectivity index (χ2v) is 20.1. The number of ether oxygens (including phenoxy) is 2. The number of phosphoric acid groups is 1. The lowest BCUT2D eigenvalue weighted by Gasteiger charge is -2.20. The van der Waals surface area contributed by atoms with Crippen LogP contribution in [-0.2, 0) is 32.7 Å². The van der Waals surface area contributed by atoms with Crippen LogP contribution in [-0.4, -0.2) is 60.5 Å². The summed E-state index contributed by atoms with van der Waals surface area (Å²) in [6, 6.07) is -1.48. The highest BCUT2D eigenvalue weighted by Gasteiger charge is 2.27. The van der Waals surface area contributed by atoms with Gasteiger partial charge in [0.2, 0.25) is 0 Å². The Labute approximate surface area is 417 Å². The molecular weight excluding hydrogens is 874 g/mol. The normalized spacial score (nSPS) is 14.1. The van der Waals surface area contributed by atoms with E-state index in [1.54, 1.807) is 0 Å². The number of carboxylic acid groups (broad SMARTS) is 1. The number of nitrogens with two attached hydrogens (primary N) is 1. The minimum Gasteiger partial charge on any atom is -0.480 e. The van der Waals surface area contributed by atoms with Crippen molar-refractivity contribution < 1.29 is 42.7 Å². The molecule has 11 heteroatoms. The first-order valence-corrected chi connectivity index (χ1v) is 29.3. The summed E-state index contributed by atoms with van der Waals surface area (Å²) in [5, 5.41) is 8.95. The van der Waals surface area contributed by atoms with E-state index in [1.165, 1.54) is 154 Å². The standard InChI is InChI=1S/C57H104NO9P/c1-3-5-7-9-11-13-15-17-19-21-23-25-27-28-30-32-34-36-38-40-42-44-46-48-50-64-51-54(52-65-68(62,63)66-53-55(58)57(60)61)67-56(59)49-47-45-43-41-39-37-35-33-31-29-26-24-22-20-18-16-14-12-10-8-6-4-2/h5,7,11,13,17,19,23,25,28,30,54-55H,3-4,6,8-10,12,14-16,18,20-22,24,26-27,29,31-53,58H2,1-2H3,(H,60,61)(H,62,63)/b7-5-,13-11-,19-17-,25-23-,30-28-. The van der Waals surface area contributed by atoms with Crippen molar-refractivity contribution in [1.29, 1.82) is 0 Å². The lowest BCUT2D eigenvalue weighted by Crippen LogP contribution is -2.34. The number of hydrogen-bond donors (Lipinski definition) is 3. The van der Waals surface area contributed by atoms with Gasteiger partial charge in [0.15, 0.2) is 0 Å². The Balaban J connectivity index is 4.10. The molecule has 0 amide bonds. The van der Waals surface area contributed by atoms with Crippen molar-refractivity contribution >= 4 is 19.8 Å². The SMILES string of the molecule is CC/C=C\C/C=C\C/C=C\C/C=C\C/C=C\CCCCCCCCCCOCC(COP(=O)(O)OCC(N)C(=O)O)OC(=O)CCCCCCCCCCCCCCCCCCCCCCCC. The van der Waals surface area contributed by atoms with Crippen molar-refractivity contribution in [2.24, 2.45) is 5.73 Å². The highest BCUT2D eigenvalue weighted by Crippen LogP contribution is 2.43. The van der Waals surface area contributed by atoms with E-state index < -0.39 is 45.1 Å². The first-order valence-electron chi connectivity index (χ1n) is 27.8. The van der Waals surface area contributed by atoms with Gasteiger partial charge in [-0.1, -0.05) is 248 Å². The van der Waals surface area contributed by atoms with Crippen LogP contribution in [0.15, 0.2) is 60.8 Å². The number of hydrogen-bond acceptors (Lipinski definition) is 8. The second-order valence-electron chi connectivity index (χ2n) is 18.7. The van der Waals surface area contributed by atoms with Gasteiger partial charge in [0.25, 0.3) is 0 Å². The third kappa shape index (κ3) is 51.5. The molecule has 10 nitrogen and oxygen atoms in total. The fourth-order valence-electron chi connectivity index (χ4n) is 7.81. The van der Waals surface area contributed by atoms with Gasteiger partial charge in [-0.05, 0) is 57.8 Å². The molecule has 4 N–H and O–H groups in total. The van der Waals surface area contributed by atoms with Gasteiger partial charge in [0, 0.05) is 13.0 Å². The molecule has 0 spiro atoms. The highest BCUT2D eigenvalue weighted by molar-refractivity contribution is 7.47. The molecule has 0 radical (unpaired) electrons. The van der Waals surface area contributed by atoms with Gasteiger partial charge in [-0.15, -0.1) is 0 Å². The molecule has 0 saturated heterocycles. The van der Waals surface area contributed by atoms with Gasteiger partial charge in [0.05, 0.1) is 19.8 Å². The maximum atomic E-state index is 12.7. The van der Waals surface area contributed by atoms with Gasteiger partial charge in [-0.2, -0.15) is 0 Å². The summed E-state index contributed by atoms with van der Waals surface area (Å²) in [6.45, 7) is 3.79. The van der Waals surface area contributed by atoms with Crippen LogP contribution >= 0.6 is 7.82 Å². The largest absolute Gasteiger partial charge is 0.480 e. The molecule has 3 unspecified atom stereocenters. The Morgan fingerprint density at radius 3 is 1.28 bits per heavy atom. The topological polar surface area (TPSA) is 155 Å². The summed E-state index contributed by atoms with van der Waals surface area (Å²) in [6.07, 6.45) is 65.7. The van der Waals surface area contributed by atoms with Crippen LogP contribution in [0.2, 0.25) is 0 Å². The molecule has 0 rings (SSSR count). The van der Waals surface area contributed by atoms with Crippen molar-refractivity contribution in [3.63, 3.8) is 0 Å². The van der Waals surface area contributed by atoms with E-state index in [0.29, 0.717) is 13.0 Å². The van der Waals surface area contributed by atoms with Gasteiger partial charge in [-0.25, -0.2) is 4.57 Å². The number of allylic oxidation sites excluding steroid dienone is 10. The summed E-state index contributed by atoms with van der Waals surface area (Å²) in [4.78, 5) is 33.8. The maximum Gasteiger partial charge on any atom is 0.472 e. The van der Waals surface area contributed by atoms with E-state index in [1.807, 2.05) is 0 Å². The maximum absolute atomic E-state index is 12.7. The van der Waals surface area contributed by atoms with Gasteiger partial charge < -0.3 is 25.2 Å². The van der Waals surface area contributed by atoms with Crippen LogP contribution in [0.1, 0.15) is 251 Å². The van der Waals surface area contributed by atoms with E-state index in [-0.39, 0.29) is 13.0 Å². The van der Waals surface area contributed by atoms with Gasteiger partial charge in [0.1, 0.15) is 12.1 Å². The minimum absolute atomic E-state index is 0.0115. The van der Waals surface area contributed by atoms with Crippen molar-refractivity contribution in [2.75, 3.05) is 26.4 Å². The molecule has 0 aliphatic carbocycles. The third-order valence-corrected chi connectivity index (χ3v) is 13.0. The molecule has 0 aromatic carbocycles. The van der Waals surface area contributed by atoms with E-state index in [9.17, 15) is 19.0 Å². The van der Waals surface area contributed by atoms with Crippen LogP contribution in [0.25, 0.3) is 0 Å². The third-order valence-electron chi connectivity index (χ3n) is 12.1. The Morgan fingerprint density at radius 2 is 0.853 bits per heavy atom. The molecule has 396 valence electrons. The Kier molecular flexibility index (Phi) is 50.7. The van der Waals surface area contributed by atoms with E-state index in [0.717, 1.165) is 70.6 Å². The summed E-state index contributed by atoms with van der Waals surface area (Å²) in [5.41, 5.74) is 5.39. The summed E-state index contributed by atoms with van der Waals surface area (Å²) in [5.74, 6) is -1.77. The van der Waals surface area contributed by atoms with Gasteiger partial charge >= 0.3 is 19.8 Å². The first kappa shape index (κ1) is 65.7. The van der Waals surface area contributed by atoms with Crippen LogP contribution < -0.4 is 5.73 Å². The average molecular weight is 978 g/mol. The number of carbonyl (C=O) groups is 2. The Morgan fingerprint density at radius 1 is 0.485 bits per heavy atom. The minimum atomic E-state index is -4.63. The Hall–Kier alpha value is -2.33. The van der Waals surface area contributed by atoms with Crippen molar-refractivity contribution in [1.82, 2.24) is 0 Å². The van der Waals surface area contributed by atoms with E-state index in [4.69, 9.17) is 29.4 Å². The summed E-state index contributed by atoms with van der Waals surface area (Å²) >= 11 is 0. The predicted octanol–water partition coefficient (Wildman–Crippen LogP) is 16.7. The van der Waals surface area contributed by atoms with E-state index >= 15 is 0 Å². The molecule has 0 bridgehead atoms. The lowest BCUT2D eigenvalue weighted by atomic mass is 10.0. The summed E-state index contributed by atoms with van der Waals surface area (Å²) < 4.78 is 33.6. The zero-order valence-corrected chi connectivity index (χ0v) is 44.6. The highest BCUT2D eigenvalue weighted by atomic mass is 31.2. The van der Waals surface area contributed by atoms with Crippen LogP contribution in [0.5, 0.6) is 0 Å². The number of carbonyl (C=O) groups excluding carboxylic acids is 1. The molecule has 0 fully saturated rings. The predicted molar refractivity (Wildman–Crippen MR) is 286 cm³/mol. The summed E-state index contributed by atoms with van der Waals surface area (Å²) in [7, 11) is -4.63. The molecule has 0 aromatic heterocycles. The Bertz CT molecular complexity index is 1320. The number of aliphatic carboxylic acids is 1. The number of unbranched alkanes of at least 4 members (excludes halogenated alkanes) is 29. The van der Waals surface area contributed by atoms with Crippen LogP contribution in [0.3, 0.4) is 0 Å². The molecule has 3 atom stereocenters. The monoisotopic (exact) mass is 978 g/mol. The van der Waals surface area contributed by atoms with Crippen molar-refractivity contribution in [3.8, 4) is 0 Å². The van der Waals surface area contributed by atoms with Crippen molar-refractivity contribution in [3.05, 3.63) is 60.8 Å². The van der Waals surface area contributed by atoms with Crippen LogP contribution in [0.4, 0.5) is 0 Å². The molecule has 0 aromatic rings. The van der Waals surface area contributed by atoms with E-state index in [2.05, 4.69) is 74.6 Å². The van der Waals surface area contributed by atoms with Crippen LogP contribution in [0, 0.1) is 0 Å². The zero-order chi connectivity index (χ0) is 49.7. The fraction of sp³-hybridized carbons (Fsp3) is 0.789. The molecular formula is C57H104NO9P. The average Bonchev–Trinajstić information content (AvgIpc) is 3.32. The number of phosphoric ester groups is 1. The molecule has 0 heterocycles. The number of esters is 1. The number of carboxylic acids is 1. The molecule has 0 aliphatic rings. The molecule has 0 aliphatic heterocycles. The smallest absolute Gasteiger partial charge is 0.472 e. The quantitative estimate of drug-likeness (QED) is 0.0232. The lowest BCUT2D eigenvalue weighted by molar-refractivity contribution is -0.154. The second kappa shape index (κ2) is 52.5. The van der Waals surface area contributed by atoms with Crippen molar-refractivity contribution in [2.45, 2.75) is 264 Å².